The number of nitro groups is 1. The van der Waals surface area contributed by atoms with Gasteiger partial charge in [0.15, 0.2) is 5.75 Å². The number of nitrogens with one attached hydrogen (secondary N) is 1. The molecule has 7 nitrogen and oxygen atoms in total. The van der Waals surface area contributed by atoms with E-state index in [0.29, 0.717) is 0 Å². The molecule has 2 aromatic carbocycles. The molecule has 2 aromatic rings. The smallest absolute Gasteiger partial charge is 0.269 e. The van der Waals surface area contributed by atoms with E-state index < -0.39 is 20.7 Å². The number of hydrogen-bond donors (Lipinski definition) is 2. The SMILES string of the molecule is O=[N+]([O-])c1ccc(S(=O)(=O)Nc2cccc(Cl)c2O)cc1. The molecule has 0 amide bonds. The van der Waals surface area contributed by atoms with Gasteiger partial charge in [-0.15, -0.1) is 0 Å². The van der Waals surface area contributed by atoms with Crippen LogP contribution >= 0.6 is 11.6 Å². The van der Waals surface area contributed by atoms with E-state index in [0.717, 1.165) is 24.3 Å². The van der Waals surface area contributed by atoms with Crippen LogP contribution in [0.1, 0.15) is 0 Å². The van der Waals surface area contributed by atoms with Crippen molar-refractivity contribution in [2.75, 3.05) is 4.72 Å². The second-order valence-electron chi connectivity index (χ2n) is 3.99. The Bertz CT molecular complexity index is 790. The normalized spacial score (nSPS) is 11.1. The van der Waals surface area contributed by atoms with Gasteiger partial charge in [0, 0.05) is 12.1 Å². The first-order valence-corrected chi connectivity index (χ1v) is 7.42. The van der Waals surface area contributed by atoms with E-state index in [9.17, 15) is 23.6 Å². The van der Waals surface area contributed by atoms with Crippen LogP contribution in [0.25, 0.3) is 0 Å². The highest BCUT2D eigenvalue weighted by Gasteiger charge is 2.18. The lowest BCUT2D eigenvalue weighted by Gasteiger charge is -2.10. The number of benzene rings is 2. The van der Waals surface area contributed by atoms with Gasteiger partial charge in [0.1, 0.15) is 0 Å². The summed E-state index contributed by atoms with van der Waals surface area (Å²) < 4.78 is 26.4. The van der Waals surface area contributed by atoms with Crippen LogP contribution in [0.3, 0.4) is 0 Å². The van der Waals surface area contributed by atoms with E-state index >= 15 is 0 Å². The van der Waals surface area contributed by atoms with Crippen molar-refractivity contribution in [3.8, 4) is 5.75 Å². The monoisotopic (exact) mass is 328 g/mol. The molecular formula is C12H9ClN2O5S. The minimum atomic E-state index is -3.99. The molecule has 0 spiro atoms. The number of aromatic hydroxyl groups is 1. The van der Waals surface area contributed by atoms with Crippen LogP contribution < -0.4 is 4.72 Å². The maximum atomic E-state index is 12.1. The third-order valence-corrected chi connectivity index (χ3v) is 4.28. The number of para-hydroxylation sites is 1. The molecule has 0 aliphatic rings. The van der Waals surface area contributed by atoms with Crippen LogP contribution in [0.2, 0.25) is 5.02 Å². The minimum Gasteiger partial charge on any atom is -0.504 e. The molecule has 0 aliphatic heterocycles. The summed E-state index contributed by atoms with van der Waals surface area (Å²) >= 11 is 5.68. The number of phenolic OH excluding ortho intramolecular Hbond substituents is 1. The van der Waals surface area contributed by atoms with Crippen molar-refractivity contribution in [2.24, 2.45) is 0 Å². The van der Waals surface area contributed by atoms with Gasteiger partial charge >= 0.3 is 0 Å². The molecule has 0 heterocycles. The van der Waals surface area contributed by atoms with Crippen LogP contribution in [0.15, 0.2) is 47.4 Å². The fraction of sp³-hybridized carbons (Fsp3) is 0. The summed E-state index contributed by atoms with van der Waals surface area (Å²) in [4.78, 5) is 9.72. The molecule has 2 rings (SSSR count). The molecule has 2 N–H and O–H groups in total. The Hall–Kier alpha value is -2.32. The van der Waals surface area contributed by atoms with E-state index in [1.54, 1.807) is 0 Å². The number of sulfonamides is 1. The van der Waals surface area contributed by atoms with Gasteiger partial charge in [0.25, 0.3) is 15.7 Å². The summed E-state index contributed by atoms with van der Waals surface area (Å²) in [5.41, 5.74) is -0.305. The number of nitrogens with zero attached hydrogens (tertiary/aromatic N) is 1. The standard InChI is InChI=1S/C12H9ClN2O5S/c13-10-2-1-3-11(12(10)16)14-21(19,20)9-6-4-8(5-7-9)15(17)18/h1-7,14,16H. The van der Waals surface area contributed by atoms with Crippen LogP contribution in [-0.4, -0.2) is 18.4 Å². The zero-order valence-electron chi connectivity index (χ0n) is 10.4. The number of rotatable bonds is 4. The molecule has 21 heavy (non-hydrogen) atoms. The van der Waals surface area contributed by atoms with Crippen molar-refractivity contribution in [1.82, 2.24) is 0 Å². The molecule has 0 fully saturated rings. The van der Waals surface area contributed by atoms with E-state index in [1.165, 1.54) is 18.2 Å². The average Bonchev–Trinajstić information content (AvgIpc) is 2.44. The van der Waals surface area contributed by atoms with Gasteiger partial charge in [-0.25, -0.2) is 8.42 Å². The van der Waals surface area contributed by atoms with Crippen molar-refractivity contribution in [3.63, 3.8) is 0 Å². The maximum Gasteiger partial charge on any atom is 0.269 e. The van der Waals surface area contributed by atoms with E-state index in [4.69, 9.17) is 11.6 Å². The van der Waals surface area contributed by atoms with Crippen molar-refractivity contribution in [3.05, 3.63) is 57.6 Å². The Labute approximate surface area is 125 Å². The third kappa shape index (κ3) is 3.23. The highest BCUT2D eigenvalue weighted by molar-refractivity contribution is 7.92. The van der Waals surface area contributed by atoms with Gasteiger partial charge in [-0.2, -0.15) is 0 Å². The Morgan fingerprint density at radius 1 is 1.14 bits per heavy atom. The number of halogens is 1. The highest BCUT2D eigenvalue weighted by Crippen LogP contribution is 2.32. The maximum absolute atomic E-state index is 12.1. The molecule has 0 radical (unpaired) electrons. The van der Waals surface area contributed by atoms with Crippen molar-refractivity contribution in [1.29, 1.82) is 0 Å². The highest BCUT2D eigenvalue weighted by atomic mass is 35.5. The molecule has 9 heteroatoms. The summed E-state index contributed by atoms with van der Waals surface area (Å²) in [6.07, 6.45) is 0. The van der Waals surface area contributed by atoms with Crippen LogP contribution in [-0.2, 0) is 10.0 Å². The number of hydrogen-bond acceptors (Lipinski definition) is 5. The average molecular weight is 329 g/mol. The fourth-order valence-corrected chi connectivity index (χ4v) is 2.79. The molecule has 110 valence electrons. The summed E-state index contributed by atoms with van der Waals surface area (Å²) in [6.45, 7) is 0. The summed E-state index contributed by atoms with van der Waals surface area (Å²) in [6, 6.07) is 8.56. The quantitative estimate of drug-likeness (QED) is 0.509. The van der Waals surface area contributed by atoms with E-state index in [-0.39, 0.29) is 21.3 Å². The zero-order valence-corrected chi connectivity index (χ0v) is 11.9. The van der Waals surface area contributed by atoms with Crippen LogP contribution in [0, 0.1) is 10.1 Å². The van der Waals surface area contributed by atoms with Crippen LogP contribution in [0.4, 0.5) is 11.4 Å². The first-order chi connectivity index (χ1) is 9.81. The predicted octanol–water partition coefficient (Wildman–Crippen LogP) is 2.75. The van der Waals surface area contributed by atoms with E-state index in [2.05, 4.69) is 4.72 Å². The van der Waals surface area contributed by atoms with Gasteiger partial charge in [-0.3, -0.25) is 14.8 Å². The summed E-state index contributed by atoms with van der Waals surface area (Å²) in [5.74, 6) is -0.398. The van der Waals surface area contributed by atoms with Crippen molar-refractivity contribution in [2.45, 2.75) is 4.90 Å². The Balaban J connectivity index is 2.34. The second kappa shape index (κ2) is 5.58. The Kier molecular flexibility index (Phi) is 4.01. The molecule has 0 saturated heterocycles. The van der Waals surface area contributed by atoms with Gasteiger partial charge in [-0.1, -0.05) is 17.7 Å². The third-order valence-electron chi connectivity index (χ3n) is 2.59. The first-order valence-electron chi connectivity index (χ1n) is 5.56. The molecule has 0 aliphatic carbocycles. The Morgan fingerprint density at radius 2 is 1.76 bits per heavy atom. The molecular weight excluding hydrogens is 320 g/mol. The van der Waals surface area contributed by atoms with Gasteiger partial charge in [-0.05, 0) is 24.3 Å². The zero-order chi connectivity index (χ0) is 15.6. The van der Waals surface area contributed by atoms with Gasteiger partial charge < -0.3 is 5.11 Å². The lowest BCUT2D eigenvalue weighted by Crippen LogP contribution is -2.13. The molecule has 0 unspecified atom stereocenters. The lowest BCUT2D eigenvalue weighted by molar-refractivity contribution is -0.384. The topological polar surface area (TPSA) is 110 Å². The number of phenols is 1. The van der Waals surface area contributed by atoms with Gasteiger partial charge in [0.2, 0.25) is 0 Å². The molecule has 0 aromatic heterocycles. The van der Waals surface area contributed by atoms with E-state index in [1.807, 2.05) is 0 Å². The van der Waals surface area contributed by atoms with Gasteiger partial charge in [0.05, 0.1) is 20.5 Å². The second-order valence-corrected chi connectivity index (χ2v) is 6.08. The largest absolute Gasteiger partial charge is 0.504 e. The van der Waals surface area contributed by atoms with Crippen molar-refractivity contribution < 1.29 is 18.4 Å². The number of nitro benzene ring substituents is 1. The summed E-state index contributed by atoms with van der Waals surface area (Å²) in [5, 5.41) is 20.2. The Morgan fingerprint density at radius 3 is 2.33 bits per heavy atom. The lowest BCUT2D eigenvalue weighted by atomic mass is 10.3. The molecule has 0 atom stereocenters. The number of anilines is 1. The first kappa shape index (κ1) is 15.1. The predicted molar refractivity (Wildman–Crippen MR) is 77.0 cm³/mol. The molecule has 0 bridgehead atoms. The van der Waals surface area contributed by atoms with Crippen LogP contribution in [0.5, 0.6) is 5.75 Å². The summed E-state index contributed by atoms with van der Waals surface area (Å²) in [7, 11) is -3.99. The number of non-ortho nitro benzene ring substituents is 1. The van der Waals surface area contributed by atoms with Crippen molar-refractivity contribution >= 4 is 33.0 Å². The molecule has 0 saturated carbocycles. The fourth-order valence-electron chi connectivity index (χ4n) is 1.55. The minimum absolute atomic E-state index is 0.00102.